The van der Waals surface area contributed by atoms with Gasteiger partial charge in [-0.1, -0.05) is 48.5 Å². The molecule has 3 nitrogen and oxygen atoms in total. The predicted octanol–water partition coefficient (Wildman–Crippen LogP) is 2.99. The second-order valence-electron chi connectivity index (χ2n) is 5.39. The van der Waals surface area contributed by atoms with Crippen LogP contribution in [0.25, 0.3) is 6.08 Å². The highest BCUT2D eigenvalue weighted by atomic mass is 16.1. The van der Waals surface area contributed by atoms with Crippen LogP contribution in [0.15, 0.2) is 60.7 Å². The maximum Gasteiger partial charge on any atom is 0.185 e. The van der Waals surface area contributed by atoms with E-state index in [0.29, 0.717) is 0 Å². The zero-order valence-corrected chi connectivity index (χ0v) is 12.5. The Labute approximate surface area is 131 Å². The van der Waals surface area contributed by atoms with Crippen LogP contribution < -0.4 is 10.2 Å². The molecule has 0 aliphatic carbocycles. The Morgan fingerprint density at radius 3 is 2.32 bits per heavy atom. The van der Waals surface area contributed by atoms with Crippen molar-refractivity contribution in [1.29, 1.82) is 0 Å². The van der Waals surface area contributed by atoms with Crippen LogP contribution in [0.4, 0.5) is 5.69 Å². The summed E-state index contributed by atoms with van der Waals surface area (Å²) in [4.78, 5) is 14.4. The van der Waals surface area contributed by atoms with Crippen LogP contribution in [0.2, 0.25) is 0 Å². The van der Waals surface area contributed by atoms with Crippen molar-refractivity contribution in [2.75, 3.05) is 31.1 Å². The van der Waals surface area contributed by atoms with Gasteiger partial charge < -0.3 is 10.2 Å². The molecule has 1 fully saturated rings. The van der Waals surface area contributed by atoms with Gasteiger partial charge in [0.2, 0.25) is 0 Å². The van der Waals surface area contributed by atoms with E-state index in [2.05, 4.69) is 34.5 Å². The van der Waals surface area contributed by atoms with E-state index in [-0.39, 0.29) is 5.78 Å². The molecule has 1 saturated heterocycles. The third-order valence-corrected chi connectivity index (χ3v) is 3.86. The van der Waals surface area contributed by atoms with Crippen LogP contribution in [0.5, 0.6) is 0 Å². The molecule has 3 heteroatoms. The van der Waals surface area contributed by atoms with Crippen LogP contribution in [-0.4, -0.2) is 32.0 Å². The first-order valence-electron chi connectivity index (χ1n) is 7.66. The Balaban J connectivity index is 1.65. The smallest absolute Gasteiger partial charge is 0.185 e. The number of allylic oxidation sites excluding steroid dienone is 1. The fraction of sp³-hybridized carbons (Fsp3) is 0.211. The van der Waals surface area contributed by atoms with Gasteiger partial charge in [-0.2, -0.15) is 0 Å². The Kier molecular flexibility index (Phi) is 4.66. The number of rotatable bonds is 4. The first kappa shape index (κ1) is 14.5. The molecular formula is C19H20N2O. The summed E-state index contributed by atoms with van der Waals surface area (Å²) in [7, 11) is 0. The zero-order valence-electron chi connectivity index (χ0n) is 12.5. The van der Waals surface area contributed by atoms with Crippen LogP contribution in [0.1, 0.15) is 15.9 Å². The van der Waals surface area contributed by atoms with Gasteiger partial charge in [-0.05, 0) is 23.8 Å². The minimum atomic E-state index is 0.0341. The lowest BCUT2D eigenvalue weighted by atomic mass is 10.1. The summed E-state index contributed by atoms with van der Waals surface area (Å²) >= 11 is 0. The van der Waals surface area contributed by atoms with Gasteiger partial charge >= 0.3 is 0 Å². The Hall–Kier alpha value is -2.39. The number of piperazine rings is 1. The molecule has 1 heterocycles. The number of carbonyl (C=O) groups excluding carboxylic acids is 1. The second kappa shape index (κ2) is 7.05. The van der Waals surface area contributed by atoms with Gasteiger partial charge in [-0.15, -0.1) is 0 Å². The number of hydrogen-bond donors (Lipinski definition) is 1. The van der Waals surface area contributed by atoms with Crippen LogP contribution >= 0.6 is 0 Å². The Bertz CT molecular complexity index is 641. The zero-order chi connectivity index (χ0) is 15.2. The molecule has 0 unspecified atom stereocenters. The molecule has 22 heavy (non-hydrogen) atoms. The lowest BCUT2D eigenvalue weighted by molar-refractivity contribution is 0.104. The van der Waals surface area contributed by atoms with Gasteiger partial charge in [-0.25, -0.2) is 0 Å². The Morgan fingerprint density at radius 1 is 0.955 bits per heavy atom. The first-order chi connectivity index (χ1) is 10.8. The molecule has 2 aromatic carbocycles. The molecule has 0 amide bonds. The summed E-state index contributed by atoms with van der Waals surface area (Å²) in [5.74, 6) is 0.0341. The molecule has 0 radical (unpaired) electrons. The van der Waals surface area contributed by atoms with E-state index < -0.39 is 0 Å². The summed E-state index contributed by atoms with van der Waals surface area (Å²) in [6, 6.07) is 17.7. The largest absolute Gasteiger partial charge is 0.369 e. The fourth-order valence-corrected chi connectivity index (χ4v) is 2.59. The van der Waals surface area contributed by atoms with Gasteiger partial charge in [0, 0.05) is 37.4 Å². The van der Waals surface area contributed by atoms with Crippen molar-refractivity contribution in [2.45, 2.75) is 0 Å². The second-order valence-corrected chi connectivity index (χ2v) is 5.39. The van der Waals surface area contributed by atoms with Crippen molar-refractivity contribution in [1.82, 2.24) is 5.32 Å². The van der Waals surface area contributed by atoms with Crippen molar-refractivity contribution in [3.05, 3.63) is 71.8 Å². The lowest BCUT2D eigenvalue weighted by Crippen LogP contribution is -2.43. The van der Waals surface area contributed by atoms with Crippen LogP contribution in [0.3, 0.4) is 0 Å². The standard InChI is InChI=1S/C19H20N2O/c22-19(17-4-2-1-3-5-17)11-8-16-6-9-18(10-7-16)21-14-12-20-13-15-21/h1-11,20H,12-15H2. The molecular weight excluding hydrogens is 272 g/mol. The van der Waals surface area contributed by atoms with E-state index in [0.717, 1.165) is 37.3 Å². The molecule has 2 aromatic rings. The van der Waals surface area contributed by atoms with Crippen molar-refractivity contribution in [3.8, 4) is 0 Å². The molecule has 0 bridgehead atoms. The maximum absolute atomic E-state index is 12.0. The van der Waals surface area contributed by atoms with Gasteiger partial charge in [0.05, 0.1) is 0 Å². The highest BCUT2D eigenvalue weighted by molar-refractivity contribution is 6.06. The first-order valence-corrected chi connectivity index (χ1v) is 7.66. The summed E-state index contributed by atoms with van der Waals surface area (Å²) in [6.07, 6.45) is 3.51. The Morgan fingerprint density at radius 2 is 1.64 bits per heavy atom. The molecule has 1 N–H and O–H groups in total. The van der Waals surface area contributed by atoms with Gasteiger partial charge in [-0.3, -0.25) is 4.79 Å². The normalized spacial score (nSPS) is 15.2. The minimum Gasteiger partial charge on any atom is -0.369 e. The number of anilines is 1. The van der Waals surface area contributed by atoms with Gasteiger partial charge in [0.15, 0.2) is 5.78 Å². The summed E-state index contributed by atoms with van der Waals surface area (Å²) in [5, 5.41) is 3.35. The average Bonchev–Trinajstić information content (AvgIpc) is 2.61. The molecule has 0 spiro atoms. The molecule has 112 valence electrons. The van der Waals surface area contributed by atoms with E-state index in [4.69, 9.17) is 0 Å². The molecule has 0 atom stereocenters. The van der Waals surface area contributed by atoms with E-state index in [1.807, 2.05) is 36.4 Å². The number of carbonyl (C=O) groups is 1. The third-order valence-electron chi connectivity index (χ3n) is 3.86. The summed E-state index contributed by atoms with van der Waals surface area (Å²) in [5.41, 5.74) is 3.01. The quantitative estimate of drug-likeness (QED) is 0.694. The highest BCUT2D eigenvalue weighted by Crippen LogP contribution is 2.16. The predicted molar refractivity (Wildman–Crippen MR) is 91.3 cm³/mol. The van der Waals surface area contributed by atoms with Gasteiger partial charge in [0.25, 0.3) is 0 Å². The SMILES string of the molecule is O=C(C=Cc1ccc(N2CCNCC2)cc1)c1ccccc1. The van der Waals surface area contributed by atoms with E-state index in [9.17, 15) is 4.79 Å². The molecule has 1 aliphatic heterocycles. The molecule has 3 rings (SSSR count). The number of nitrogens with zero attached hydrogens (tertiary/aromatic N) is 1. The lowest BCUT2D eigenvalue weighted by Gasteiger charge is -2.29. The van der Waals surface area contributed by atoms with Gasteiger partial charge in [0.1, 0.15) is 0 Å². The molecule has 0 aromatic heterocycles. The summed E-state index contributed by atoms with van der Waals surface area (Å²) < 4.78 is 0. The van der Waals surface area contributed by atoms with Crippen molar-refractivity contribution in [2.24, 2.45) is 0 Å². The monoisotopic (exact) mass is 292 g/mol. The fourth-order valence-electron chi connectivity index (χ4n) is 2.59. The van der Waals surface area contributed by atoms with Crippen LogP contribution in [0, 0.1) is 0 Å². The molecule has 1 aliphatic rings. The maximum atomic E-state index is 12.0. The molecule has 0 saturated carbocycles. The number of benzene rings is 2. The third kappa shape index (κ3) is 3.62. The van der Waals surface area contributed by atoms with Crippen molar-refractivity contribution < 1.29 is 4.79 Å². The van der Waals surface area contributed by atoms with Crippen molar-refractivity contribution in [3.63, 3.8) is 0 Å². The van der Waals surface area contributed by atoms with E-state index in [1.54, 1.807) is 6.08 Å². The highest BCUT2D eigenvalue weighted by Gasteiger charge is 2.09. The minimum absolute atomic E-state index is 0.0341. The number of ketones is 1. The topological polar surface area (TPSA) is 32.3 Å². The van der Waals surface area contributed by atoms with E-state index in [1.165, 1.54) is 5.69 Å². The average molecular weight is 292 g/mol. The van der Waals surface area contributed by atoms with Crippen LogP contribution in [-0.2, 0) is 0 Å². The van der Waals surface area contributed by atoms with Crippen molar-refractivity contribution >= 4 is 17.5 Å². The number of nitrogens with one attached hydrogen (secondary N) is 1. The van der Waals surface area contributed by atoms with E-state index >= 15 is 0 Å². The summed E-state index contributed by atoms with van der Waals surface area (Å²) in [6.45, 7) is 4.16. The number of hydrogen-bond acceptors (Lipinski definition) is 3.